The summed E-state index contributed by atoms with van der Waals surface area (Å²) in [4.78, 5) is 0. The van der Waals surface area contributed by atoms with Crippen molar-refractivity contribution < 1.29 is 14.6 Å². The number of aromatic hydroxyl groups is 2. The molecule has 0 unspecified atom stereocenters. The first kappa shape index (κ1) is 28.0. The minimum absolute atomic E-state index is 0.317. The summed E-state index contributed by atoms with van der Waals surface area (Å²) in [6.45, 7) is 13.7. The van der Waals surface area contributed by atoms with Gasteiger partial charge in [0.1, 0.15) is 18.2 Å². The van der Waals surface area contributed by atoms with Crippen molar-refractivity contribution in [1.82, 2.24) is 0 Å². The van der Waals surface area contributed by atoms with Crippen LogP contribution < -0.4 is 0 Å². The van der Waals surface area contributed by atoms with Gasteiger partial charge in [-0.3, -0.25) is 0 Å². The first-order valence-electron chi connectivity index (χ1n) is 12.1. The second kappa shape index (κ2) is 14.2. The van der Waals surface area contributed by atoms with Gasteiger partial charge in [0.2, 0.25) is 0 Å². The van der Waals surface area contributed by atoms with Crippen LogP contribution in [0.1, 0.15) is 94.9 Å². The van der Waals surface area contributed by atoms with Crippen LogP contribution in [0.4, 0.5) is 4.39 Å². The van der Waals surface area contributed by atoms with E-state index >= 15 is 0 Å². The first-order chi connectivity index (χ1) is 15.1. The summed E-state index contributed by atoms with van der Waals surface area (Å²) in [5, 5.41) is 20.8. The number of alkyl halides is 1. The average Bonchev–Trinajstić information content (AvgIpc) is 2.76. The summed E-state index contributed by atoms with van der Waals surface area (Å²) in [5.74, 6) is 1.22. The van der Waals surface area contributed by atoms with E-state index < -0.39 is 0 Å². The van der Waals surface area contributed by atoms with Crippen molar-refractivity contribution >= 4 is 0 Å². The van der Waals surface area contributed by atoms with Crippen LogP contribution in [-0.2, 0) is 6.42 Å². The molecule has 2 nitrogen and oxygen atoms in total. The summed E-state index contributed by atoms with van der Waals surface area (Å²) in [6.07, 6.45) is 14.7. The van der Waals surface area contributed by atoms with Crippen LogP contribution in [0.3, 0.4) is 0 Å². The summed E-state index contributed by atoms with van der Waals surface area (Å²) < 4.78 is 12.4. The molecule has 1 atom stereocenters. The SMILES string of the molecule is C/C(=C\CC/C(C)=C/CC/C(C)=C/CC[C@H](C)CCc1c(C)c(O)c(C)c(C)c1O)CF. The summed E-state index contributed by atoms with van der Waals surface area (Å²) in [6, 6.07) is 0. The Bertz CT molecular complexity index is 801. The lowest BCUT2D eigenvalue weighted by Gasteiger charge is -2.17. The number of hydrogen-bond acceptors (Lipinski definition) is 2. The molecule has 0 spiro atoms. The van der Waals surface area contributed by atoms with Crippen molar-refractivity contribution in [3.05, 3.63) is 57.2 Å². The third kappa shape index (κ3) is 9.22. The molecule has 0 aliphatic carbocycles. The van der Waals surface area contributed by atoms with Gasteiger partial charge in [0, 0.05) is 5.56 Å². The molecule has 1 rings (SSSR count). The largest absolute Gasteiger partial charge is 0.507 e. The van der Waals surface area contributed by atoms with E-state index in [0.717, 1.165) is 79.2 Å². The zero-order valence-corrected chi connectivity index (χ0v) is 21.4. The van der Waals surface area contributed by atoms with Crippen LogP contribution in [0, 0.1) is 26.7 Å². The van der Waals surface area contributed by atoms with Gasteiger partial charge < -0.3 is 10.2 Å². The van der Waals surface area contributed by atoms with Gasteiger partial charge in [0.15, 0.2) is 0 Å². The van der Waals surface area contributed by atoms with Gasteiger partial charge in [-0.15, -0.1) is 0 Å². The number of allylic oxidation sites excluding steroid dienone is 6. The van der Waals surface area contributed by atoms with Crippen molar-refractivity contribution in [2.75, 3.05) is 6.67 Å². The Kier molecular flexibility index (Phi) is 12.4. The normalized spacial score (nSPS) is 14.2. The van der Waals surface area contributed by atoms with E-state index in [9.17, 15) is 14.6 Å². The number of phenolic OH excluding ortho intramolecular Hbond substituents is 2. The van der Waals surface area contributed by atoms with Gasteiger partial charge >= 0.3 is 0 Å². The fourth-order valence-electron chi connectivity index (χ4n) is 3.99. The maximum Gasteiger partial charge on any atom is 0.122 e. The molecule has 0 aliphatic rings. The van der Waals surface area contributed by atoms with Gasteiger partial charge in [-0.25, -0.2) is 4.39 Å². The van der Waals surface area contributed by atoms with E-state index in [-0.39, 0.29) is 6.67 Å². The second-order valence-corrected chi connectivity index (χ2v) is 9.63. The minimum Gasteiger partial charge on any atom is -0.507 e. The quantitative estimate of drug-likeness (QED) is 0.236. The number of rotatable bonds is 13. The molecule has 180 valence electrons. The molecular formula is C29H45FO2. The first-order valence-corrected chi connectivity index (χ1v) is 12.1. The number of benzene rings is 1. The van der Waals surface area contributed by atoms with Crippen LogP contribution >= 0.6 is 0 Å². The molecule has 2 N–H and O–H groups in total. The van der Waals surface area contributed by atoms with Crippen molar-refractivity contribution in [2.24, 2.45) is 5.92 Å². The summed E-state index contributed by atoms with van der Waals surface area (Å²) >= 11 is 0. The van der Waals surface area contributed by atoms with Crippen LogP contribution in [0.15, 0.2) is 34.9 Å². The Morgan fingerprint density at radius 1 is 0.750 bits per heavy atom. The molecule has 0 fully saturated rings. The van der Waals surface area contributed by atoms with Gasteiger partial charge in [0.25, 0.3) is 0 Å². The summed E-state index contributed by atoms with van der Waals surface area (Å²) in [5.41, 5.74) is 6.89. The third-order valence-corrected chi connectivity index (χ3v) is 6.68. The standard InChI is InChI=1S/C29H45FO2/c1-20(11-8-12-21(2)14-10-16-23(4)19-30)13-9-15-22(3)17-18-27-26(7)28(31)24(5)25(6)29(27)32/h12-13,16,22,31-32H,8-11,14-15,17-19H2,1-7H3/b20-13+,21-12+,23-16+/t22-/m0/s1. The van der Waals surface area contributed by atoms with E-state index in [2.05, 4.69) is 32.9 Å². The van der Waals surface area contributed by atoms with E-state index in [0.29, 0.717) is 17.4 Å². The topological polar surface area (TPSA) is 40.5 Å². The van der Waals surface area contributed by atoms with Crippen molar-refractivity contribution in [2.45, 2.75) is 99.8 Å². The highest BCUT2D eigenvalue weighted by atomic mass is 19.1. The van der Waals surface area contributed by atoms with E-state index in [1.807, 2.05) is 33.8 Å². The molecule has 3 heteroatoms. The number of phenols is 2. The van der Waals surface area contributed by atoms with Crippen molar-refractivity contribution in [3.63, 3.8) is 0 Å². The lowest BCUT2D eigenvalue weighted by atomic mass is 9.91. The van der Waals surface area contributed by atoms with Crippen LogP contribution in [0.2, 0.25) is 0 Å². The second-order valence-electron chi connectivity index (χ2n) is 9.63. The molecule has 0 bridgehead atoms. The summed E-state index contributed by atoms with van der Waals surface area (Å²) in [7, 11) is 0. The molecule has 0 amide bonds. The Labute approximate surface area is 196 Å². The van der Waals surface area contributed by atoms with Crippen molar-refractivity contribution in [3.8, 4) is 11.5 Å². The number of halogens is 1. The highest BCUT2D eigenvalue weighted by Gasteiger charge is 2.16. The van der Waals surface area contributed by atoms with E-state index in [1.165, 1.54) is 11.1 Å². The highest BCUT2D eigenvalue weighted by molar-refractivity contribution is 5.56. The van der Waals surface area contributed by atoms with E-state index in [1.54, 1.807) is 0 Å². The predicted octanol–water partition coefficient (Wildman–Crippen LogP) is 8.74. The highest BCUT2D eigenvalue weighted by Crippen LogP contribution is 2.37. The van der Waals surface area contributed by atoms with Crippen LogP contribution in [0.25, 0.3) is 0 Å². The molecular weight excluding hydrogens is 399 g/mol. The molecule has 0 saturated heterocycles. The Morgan fingerprint density at radius 2 is 1.25 bits per heavy atom. The number of hydrogen-bond donors (Lipinski definition) is 2. The molecule has 0 aromatic heterocycles. The molecule has 32 heavy (non-hydrogen) atoms. The van der Waals surface area contributed by atoms with Crippen molar-refractivity contribution in [1.29, 1.82) is 0 Å². The third-order valence-electron chi connectivity index (χ3n) is 6.68. The average molecular weight is 445 g/mol. The smallest absolute Gasteiger partial charge is 0.122 e. The lowest BCUT2D eigenvalue weighted by molar-refractivity contribution is 0.435. The van der Waals surface area contributed by atoms with Gasteiger partial charge in [0.05, 0.1) is 0 Å². The maximum atomic E-state index is 12.4. The van der Waals surface area contributed by atoms with Crippen LogP contribution in [0.5, 0.6) is 11.5 Å². The Morgan fingerprint density at radius 3 is 1.81 bits per heavy atom. The molecule has 0 radical (unpaired) electrons. The lowest BCUT2D eigenvalue weighted by Crippen LogP contribution is -2.01. The molecule has 1 aromatic carbocycles. The van der Waals surface area contributed by atoms with Gasteiger partial charge in [-0.1, -0.05) is 36.3 Å². The fraction of sp³-hybridized carbons (Fsp3) is 0.586. The molecule has 1 aromatic rings. The maximum absolute atomic E-state index is 12.4. The predicted molar refractivity (Wildman–Crippen MR) is 136 cm³/mol. The molecule has 0 saturated carbocycles. The van der Waals surface area contributed by atoms with E-state index in [4.69, 9.17) is 0 Å². The Balaban J connectivity index is 2.41. The zero-order chi connectivity index (χ0) is 24.3. The zero-order valence-electron chi connectivity index (χ0n) is 21.4. The molecule has 0 aliphatic heterocycles. The monoisotopic (exact) mass is 444 g/mol. The fourth-order valence-corrected chi connectivity index (χ4v) is 3.99. The molecule has 0 heterocycles. The Hall–Kier alpha value is -2.03. The van der Waals surface area contributed by atoms with Crippen LogP contribution in [-0.4, -0.2) is 16.9 Å². The van der Waals surface area contributed by atoms with Gasteiger partial charge in [-0.2, -0.15) is 0 Å². The van der Waals surface area contributed by atoms with Gasteiger partial charge in [-0.05, 0) is 121 Å². The minimum atomic E-state index is -0.345.